The number of thiophene rings is 1. The van der Waals surface area contributed by atoms with E-state index >= 15 is 0 Å². The van der Waals surface area contributed by atoms with Crippen molar-refractivity contribution >= 4 is 28.6 Å². The van der Waals surface area contributed by atoms with Crippen LogP contribution in [0.3, 0.4) is 0 Å². The number of anilines is 1. The minimum absolute atomic E-state index is 0.0426. The number of nitrogens with zero attached hydrogens (tertiary/aromatic N) is 2. The van der Waals surface area contributed by atoms with Gasteiger partial charge < -0.3 is 5.32 Å². The van der Waals surface area contributed by atoms with E-state index in [-0.39, 0.29) is 17.9 Å². The number of para-hydroxylation sites is 1. The molecule has 2 heterocycles. The van der Waals surface area contributed by atoms with Crippen molar-refractivity contribution in [3.8, 4) is 0 Å². The Labute approximate surface area is 188 Å². The van der Waals surface area contributed by atoms with Gasteiger partial charge in [0, 0.05) is 6.54 Å². The number of carbonyl (C=O) groups excluding carboxylic acids is 1. The van der Waals surface area contributed by atoms with E-state index in [0.29, 0.717) is 12.5 Å². The zero-order valence-corrected chi connectivity index (χ0v) is 18.9. The van der Waals surface area contributed by atoms with E-state index in [1.54, 1.807) is 11.3 Å². The second-order valence-corrected chi connectivity index (χ2v) is 9.12. The Kier molecular flexibility index (Phi) is 6.82. The molecule has 2 atom stereocenters. The Hall–Kier alpha value is -2.92. The van der Waals surface area contributed by atoms with Crippen molar-refractivity contribution < 1.29 is 4.79 Å². The molecule has 3 aromatic rings. The van der Waals surface area contributed by atoms with Crippen LogP contribution in [-0.2, 0) is 4.79 Å². The van der Waals surface area contributed by atoms with Gasteiger partial charge in [-0.15, -0.1) is 0 Å². The molecule has 2 aromatic carbocycles. The van der Waals surface area contributed by atoms with E-state index in [1.807, 2.05) is 53.5 Å². The topological polar surface area (TPSA) is 44.7 Å². The van der Waals surface area contributed by atoms with Crippen LogP contribution in [0, 0.1) is 11.8 Å². The summed E-state index contributed by atoms with van der Waals surface area (Å²) in [5, 5.41) is 14.4. The first kappa shape index (κ1) is 21.3. The Morgan fingerprint density at radius 2 is 1.77 bits per heavy atom. The molecule has 0 radical (unpaired) electrons. The van der Waals surface area contributed by atoms with E-state index in [2.05, 4.69) is 48.1 Å². The molecule has 5 heteroatoms. The average molecular weight is 432 g/mol. The Bertz CT molecular complexity index is 1000. The Morgan fingerprint density at radius 3 is 2.42 bits per heavy atom. The predicted molar refractivity (Wildman–Crippen MR) is 130 cm³/mol. The molecule has 160 valence electrons. The highest BCUT2D eigenvalue weighted by Gasteiger charge is 2.44. The van der Waals surface area contributed by atoms with Crippen molar-refractivity contribution in [1.82, 2.24) is 5.32 Å². The van der Waals surface area contributed by atoms with Crippen molar-refractivity contribution in [1.29, 1.82) is 0 Å². The third kappa shape index (κ3) is 4.88. The zero-order chi connectivity index (χ0) is 21.6. The monoisotopic (exact) mass is 431 g/mol. The fourth-order valence-corrected chi connectivity index (χ4v) is 4.74. The summed E-state index contributed by atoms with van der Waals surface area (Å²) in [7, 11) is 0. The number of amides is 1. The van der Waals surface area contributed by atoms with Gasteiger partial charge in [0.05, 0.1) is 17.4 Å². The maximum atomic E-state index is 13.5. The van der Waals surface area contributed by atoms with E-state index in [1.165, 1.54) is 0 Å². The standard InChI is InChI=1S/C26H29N3OS/c1-19(2)10-9-16-27-26(30)23-24(20-11-5-3-6-12-20)28-29(22-13-7-4-8-14-22)25(23)21-15-17-31-18-21/h3-8,11-15,17-19,23,25H,9-10,16H2,1-2H3,(H,27,30). The van der Waals surface area contributed by atoms with Crippen molar-refractivity contribution in [2.24, 2.45) is 16.9 Å². The zero-order valence-electron chi connectivity index (χ0n) is 18.1. The molecule has 31 heavy (non-hydrogen) atoms. The van der Waals surface area contributed by atoms with Gasteiger partial charge in [-0.25, -0.2) is 0 Å². The van der Waals surface area contributed by atoms with Crippen LogP contribution in [0.2, 0.25) is 0 Å². The number of rotatable bonds is 8. The molecule has 1 aliphatic heterocycles. The van der Waals surface area contributed by atoms with E-state index in [4.69, 9.17) is 5.10 Å². The van der Waals surface area contributed by atoms with Crippen LogP contribution in [0.1, 0.15) is 43.9 Å². The minimum atomic E-state index is -0.378. The van der Waals surface area contributed by atoms with Crippen LogP contribution in [0.15, 0.2) is 82.6 Å². The van der Waals surface area contributed by atoms with Crippen LogP contribution in [0.4, 0.5) is 5.69 Å². The average Bonchev–Trinajstić information content (AvgIpc) is 3.45. The summed E-state index contributed by atoms with van der Waals surface area (Å²) in [6, 6.07) is 22.1. The smallest absolute Gasteiger partial charge is 0.231 e. The number of nitrogens with one attached hydrogen (secondary N) is 1. The summed E-state index contributed by atoms with van der Waals surface area (Å²) < 4.78 is 0. The Morgan fingerprint density at radius 1 is 1.06 bits per heavy atom. The van der Waals surface area contributed by atoms with Crippen LogP contribution in [-0.4, -0.2) is 18.2 Å². The van der Waals surface area contributed by atoms with Gasteiger partial charge in [0.2, 0.25) is 5.91 Å². The quantitative estimate of drug-likeness (QED) is 0.453. The molecule has 4 rings (SSSR count). The summed E-state index contributed by atoms with van der Waals surface area (Å²) in [6.07, 6.45) is 2.09. The van der Waals surface area contributed by atoms with E-state index in [9.17, 15) is 4.79 Å². The minimum Gasteiger partial charge on any atom is -0.355 e. The third-order valence-electron chi connectivity index (χ3n) is 5.60. The highest BCUT2D eigenvalue weighted by molar-refractivity contribution is 7.08. The molecule has 0 saturated heterocycles. The van der Waals surface area contributed by atoms with Crippen molar-refractivity contribution in [3.05, 3.63) is 88.6 Å². The van der Waals surface area contributed by atoms with Gasteiger partial charge in [0.25, 0.3) is 0 Å². The first-order valence-corrected chi connectivity index (χ1v) is 11.9. The third-order valence-corrected chi connectivity index (χ3v) is 6.31. The molecule has 1 aliphatic rings. The Balaban J connectivity index is 1.70. The lowest BCUT2D eigenvalue weighted by Gasteiger charge is -2.27. The molecule has 1 amide bonds. The molecule has 1 aromatic heterocycles. The molecule has 0 saturated carbocycles. The fourth-order valence-electron chi connectivity index (χ4n) is 4.05. The molecule has 2 unspecified atom stereocenters. The number of hydrazone groups is 1. The molecule has 1 N–H and O–H groups in total. The highest BCUT2D eigenvalue weighted by Crippen LogP contribution is 2.41. The first-order valence-electron chi connectivity index (χ1n) is 10.9. The lowest BCUT2D eigenvalue weighted by molar-refractivity contribution is -0.123. The highest BCUT2D eigenvalue weighted by atomic mass is 32.1. The molecule has 0 bridgehead atoms. The lowest BCUT2D eigenvalue weighted by Crippen LogP contribution is -2.39. The summed E-state index contributed by atoms with van der Waals surface area (Å²) in [5.74, 6) is 0.300. The largest absolute Gasteiger partial charge is 0.355 e. The van der Waals surface area contributed by atoms with Crippen LogP contribution < -0.4 is 10.3 Å². The van der Waals surface area contributed by atoms with Crippen molar-refractivity contribution in [2.75, 3.05) is 11.6 Å². The number of benzene rings is 2. The van der Waals surface area contributed by atoms with Gasteiger partial charge in [-0.1, -0.05) is 62.4 Å². The molecular formula is C26H29N3OS. The summed E-state index contributed by atoms with van der Waals surface area (Å²) >= 11 is 1.65. The fraction of sp³-hybridized carbons (Fsp3) is 0.308. The van der Waals surface area contributed by atoms with Gasteiger partial charge >= 0.3 is 0 Å². The van der Waals surface area contributed by atoms with Crippen LogP contribution in [0.25, 0.3) is 0 Å². The maximum Gasteiger partial charge on any atom is 0.231 e. The SMILES string of the molecule is CC(C)CCCNC(=O)C1C(c2ccccc2)=NN(c2ccccc2)C1c1ccsc1. The first-order chi connectivity index (χ1) is 15.1. The van der Waals surface area contributed by atoms with Gasteiger partial charge in [0.15, 0.2) is 0 Å². The number of hydrogen-bond acceptors (Lipinski definition) is 4. The van der Waals surface area contributed by atoms with Crippen molar-refractivity contribution in [2.45, 2.75) is 32.7 Å². The van der Waals surface area contributed by atoms with Gasteiger partial charge in [-0.05, 0) is 58.8 Å². The van der Waals surface area contributed by atoms with Crippen molar-refractivity contribution in [3.63, 3.8) is 0 Å². The van der Waals surface area contributed by atoms with Gasteiger partial charge in [-0.2, -0.15) is 16.4 Å². The van der Waals surface area contributed by atoms with Crippen LogP contribution in [0.5, 0.6) is 0 Å². The maximum absolute atomic E-state index is 13.5. The molecule has 0 aliphatic carbocycles. The second kappa shape index (κ2) is 9.92. The normalized spacial score (nSPS) is 18.3. The summed E-state index contributed by atoms with van der Waals surface area (Å²) in [6.45, 7) is 5.11. The predicted octanol–water partition coefficient (Wildman–Crippen LogP) is 5.88. The molecule has 4 nitrogen and oxygen atoms in total. The molecule has 0 fully saturated rings. The number of hydrogen-bond donors (Lipinski definition) is 1. The van der Waals surface area contributed by atoms with E-state index in [0.717, 1.165) is 35.4 Å². The second-order valence-electron chi connectivity index (χ2n) is 8.34. The van der Waals surface area contributed by atoms with Crippen LogP contribution >= 0.6 is 11.3 Å². The van der Waals surface area contributed by atoms with E-state index < -0.39 is 0 Å². The van der Waals surface area contributed by atoms with Gasteiger partial charge in [-0.3, -0.25) is 9.80 Å². The summed E-state index contributed by atoms with van der Waals surface area (Å²) in [5.41, 5.74) is 3.92. The number of carbonyl (C=O) groups is 1. The summed E-state index contributed by atoms with van der Waals surface area (Å²) in [4.78, 5) is 13.5. The molecule has 0 spiro atoms. The lowest BCUT2D eigenvalue weighted by atomic mass is 9.87. The molecular weight excluding hydrogens is 402 g/mol. The van der Waals surface area contributed by atoms with Gasteiger partial charge in [0.1, 0.15) is 5.92 Å².